The van der Waals surface area contributed by atoms with E-state index in [-0.39, 0.29) is 5.91 Å². The van der Waals surface area contributed by atoms with Gasteiger partial charge in [0.25, 0.3) is 5.91 Å². The van der Waals surface area contributed by atoms with Crippen LogP contribution >= 0.6 is 0 Å². The zero-order chi connectivity index (χ0) is 20.4. The summed E-state index contributed by atoms with van der Waals surface area (Å²) >= 11 is 0. The van der Waals surface area contributed by atoms with Crippen LogP contribution in [0.3, 0.4) is 0 Å². The third kappa shape index (κ3) is 3.45. The van der Waals surface area contributed by atoms with Crippen LogP contribution in [-0.2, 0) is 6.54 Å². The lowest BCUT2D eigenvalue weighted by atomic mass is 10.1. The zero-order valence-electron chi connectivity index (χ0n) is 16.6. The molecule has 0 unspecified atom stereocenters. The highest BCUT2D eigenvalue weighted by atomic mass is 16.5. The van der Waals surface area contributed by atoms with Gasteiger partial charge in [0.15, 0.2) is 11.5 Å². The highest BCUT2D eigenvalue weighted by Gasteiger charge is 2.29. The Labute approximate surface area is 169 Å². The average molecular weight is 390 g/mol. The molecule has 0 saturated heterocycles. The van der Waals surface area contributed by atoms with E-state index in [0.717, 1.165) is 16.9 Å². The van der Waals surface area contributed by atoms with Crippen LogP contribution in [0, 0.1) is 0 Å². The average Bonchev–Trinajstić information content (AvgIpc) is 2.87. The molecule has 3 aromatic rings. The van der Waals surface area contributed by atoms with Gasteiger partial charge in [-0.25, -0.2) is 0 Å². The Kier molecular flexibility index (Phi) is 4.99. The number of anilines is 3. The van der Waals surface area contributed by atoms with Crippen molar-refractivity contribution in [2.45, 2.75) is 6.54 Å². The van der Waals surface area contributed by atoms with Gasteiger partial charge in [-0.15, -0.1) is 0 Å². The number of hydrogen-bond donors (Lipinski definition) is 1. The summed E-state index contributed by atoms with van der Waals surface area (Å²) in [6, 6.07) is 19.0. The predicted octanol–water partition coefficient (Wildman–Crippen LogP) is 4.62. The number of ether oxygens (including phenoxy) is 3. The molecule has 1 heterocycles. The molecular weight excluding hydrogens is 368 g/mol. The van der Waals surface area contributed by atoms with E-state index in [1.54, 1.807) is 38.4 Å². The van der Waals surface area contributed by atoms with E-state index < -0.39 is 0 Å². The number of amides is 1. The maximum Gasteiger partial charge on any atom is 0.260 e. The van der Waals surface area contributed by atoms with Crippen LogP contribution in [0.15, 0.2) is 60.7 Å². The number of fused-ring (bicyclic) bond motifs is 2. The Morgan fingerprint density at radius 2 is 1.55 bits per heavy atom. The lowest BCUT2D eigenvalue weighted by molar-refractivity contribution is 0.0986. The van der Waals surface area contributed by atoms with Gasteiger partial charge in [-0.3, -0.25) is 4.79 Å². The minimum Gasteiger partial charge on any atom is -0.497 e. The van der Waals surface area contributed by atoms with E-state index in [0.29, 0.717) is 35.0 Å². The first-order valence-corrected chi connectivity index (χ1v) is 9.21. The van der Waals surface area contributed by atoms with Crippen LogP contribution in [0.4, 0.5) is 17.1 Å². The summed E-state index contributed by atoms with van der Waals surface area (Å²) in [6.45, 7) is 0.439. The molecule has 6 nitrogen and oxygen atoms in total. The highest BCUT2D eigenvalue weighted by molar-refractivity contribution is 6.14. The maximum absolute atomic E-state index is 13.6. The first-order valence-electron chi connectivity index (χ1n) is 9.21. The third-order valence-electron chi connectivity index (χ3n) is 4.95. The summed E-state index contributed by atoms with van der Waals surface area (Å²) in [5, 5.41) is 3.37. The Hall–Kier alpha value is -3.67. The van der Waals surface area contributed by atoms with Gasteiger partial charge in [0.05, 0.1) is 50.5 Å². The largest absolute Gasteiger partial charge is 0.497 e. The van der Waals surface area contributed by atoms with Gasteiger partial charge in [-0.2, -0.15) is 0 Å². The van der Waals surface area contributed by atoms with Crippen molar-refractivity contribution >= 4 is 23.0 Å². The number of carbonyl (C=O) groups excluding carboxylic acids is 1. The number of carbonyl (C=O) groups is 1. The van der Waals surface area contributed by atoms with Gasteiger partial charge in [-0.05, 0) is 23.8 Å². The second-order valence-electron chi connectivity index (χ2n) is 6.64. The van der Waals surface area contributed by atoms with Crippen LogP contribution in [-0.4, -0.2) is 27.2 Å². The van der Waals surface area contributed by atoms with Gasteiger partial charge < -0.3 is 24.4 Å². The van der Waals surface area contributed by atoms with Crippen molar-refractivity contribution in [2.75, 3.05) is 31.5 Å². The van der Waals surface area contributed by atoms with Gasteiger partial charge in [0.2, 0.25) is 0 Å². The SMILES string of the molecule is COc1ccc2c(c1)Nc1cc(OC)c(OC)cc1C(=O)N2Cc1ccccc1. The molecule has 0 atom stereocenters. The van der Waals surface area contributed by atoms with Crippen LogP contribution < -0.4 is 24.4 Å². The van der Waals surface area contributed by atoms with E-state index in [1.165, 1.54) is 0 Å². The fourth-order valence-corrected chi connectivity index (χ4v) is 3.46. The molecule has 148 valence electrons. The number of nitrogens with one attached hydrogen (secondary N) is 1. The highest BCUT2D eigenvalue weighted by Crippen LogP contribution is 2.42. The van der Waals surface area contributed by atoms with Crippen molar-refractivity contribution < 1.29 is 19.0 Å². The molecule has 0 aromatic heterocycles. The lowest BCUT2D eigenvalue weighted by Crippen LogP contribution is -2.29. The van der Waals surface area contributed by atoms with Crippen LogP contribution in [0.1, 0.15) is 15.9 Å². The molecule has 1 amide bonds. The summed E-state index contributed by atoms with van der Waals surface area (Å²) in [6.07, 6.45) is 0. The standard InChI is InChI=1S/C23H22N2O4/c1-27-16-9-10-20-19(11-16)24-18-13-22(29-3)21(28-2)12-17(18)23(26)25(20)14-15-7-5-4-6-8-15/h4-13,24H,14H2,1-3H3. The first kappa shape index (κ1) is 18.7. The second kappa shape index (κ2) is 7.75. The fraction of sp³-hybridized carbons (Fsp3) is 0.174. The monoisotopic (exact) mass is 390 g/mol. The Morgan fingerprint density at radius 3 is 2.24 bits per heavy atom. The van der Waals surface area contributed by atoms with Gasteiger partial charge in [0.1, 0.15) is 5.75 Å². The van der Waals surface area contributed by atoms with Crippen molar-refractivity contribution in [3.63, 3.8) is 0 Å². The Bertz CT molecular complexity index is 1050. The molecule has 29 heavy (non-hydrogen) atoms. The quantitative estimate of drug-likeness (QED) is 0.689. The van der Waals surface area contributed by atoms with E-state index >= 15 is 0 Å². The van der Waals surface area contributed by atoms with Crippen molar-refractivity contribution in [1.29, 1.82) is 0 Å². The molecule has 0 spiro atoms. The maximum atomic E-state index is 13.6. The smallest absolute Gasteiger partial charge is 0.260 e. The van der Waals surface area contributed by atoms with E-state index in [4.69, 9.17) is 14.2 Å². The van der Waals surface area contributed by atoms with Crippen LogP contribution in [0.5, 0.6) is 17.2 Å². The summed E-state index contributed by atoms with van der Waals surface area (Å²) in [5.41, 5.74) is 3.74. The van der Waals surface area contributed by atoms with E-state index in [1.807, 2.05) is 48.5 Å². The molecular formula is C23H22N2O4. The Balaban J connectivity index is 1.88. The normalized spacial score (nSPS) is 12.4. The van der Waals surface area contributed by atoms with E-state index in [2.05, 4.69) is 5.32 Å². The van der Waals surface area contributed by atoms with Crippen molar-refractivity contribution in [1.82, 2.24) is 0 Å². The van der Waals surface area contributed by atoms with Gasteiger partial charge >= 0.3 is 0 Å². The van der Waals surface area contributed by atoms with Gasteiger partial charge in [0, 0.05) is 12.1 Å². The molecule has 1 aliphatic rings. The van der Waals surface area contributed by atoms with Crippen LogP contribution in [0.25, 0.3) is 0 Å². The zero-order valence-corrected chi connectivity index (χ0v) is 16.6. The predicted molar refractivity (Wildman–Crippen MR) is 113 cm³/mol. The summed E-state index contributed by atoms with van der Waals surface area (Å²) in [7, 11) is 4.74. The molecule has 4 rings (SSSR count). The summed E-state index contributed by atoms with van der Waals surface area (Å²) in [5.74, 6) is 1.63. The first-order chi connectivity index (χ1) is 14.1. The summed E-state index contributed by atoms with van der Waals surface area (Å²) in [4.78, 5) is 15.3. The molecule has 0 aliphatic carbocycles. The molecule has 1 aliphatic heterocycles. The molecule has 0 bridgehead atoms. The number of nitrogens with zero attached hydrogens (tertiary/aromatic N) is 1. The molecule has 3 aromatic carbocycles. The minimum atomic E-state index is -0.124. The van der Waals surface area contributed by atoms with Crippen molar-refractivity contribution in [2.24, 2.45) is 0 Å². The van der Waals surface area contributed by atoms with Gasteiger partial charge in [-0.1, -0.05) is 30.3 Å². The topological polar surface area (TPSA) is 60.0 Å². The van der Waals surface area contributed by atoms with Crippen LogP contribution in [0.2, 0.25) is 0 Å². The molecule has 1 N–H and O–H groups in total. The van der Waals surface area contributed by atoms with Crippen molar-refractivity contribution in [3.8, 4) is 17.2 Å². The lowest BCUT2D eigenvalue weighted by Gasteiger charge is -2.23. The molecule has 0 saturated carbocycles. The number of hydrogen-bond acceptors (Lipinski definition) is 5. The minimum absolute atomic E-state index is 0.124. The van der Waals surface area contributed by atoms with Crippen molar-refractivity contribution in [3.05, 3.63) is 71.8 Å². The number of benzene rings is 3. The summed E-state index contributed by atoms with van der Waals surface area (Å²) < 4.78 is 16.2. The molecule has 0 radical (unpaired) electrons. The molecule has 6 heteroatoms. The number of methoxy groups -OCH3 is 3. The Morgan fingerprint density at radius 1 is 0.828 bits per heavy atom. The third-order valence-corrected chi connectivity index (χ3v) is 4.95. The number of rotatable bonds is 5. The second-order valence-corrected chi connectivity index (χ2v) is 6.64. The molecule has 0 fully saturated rings. The fourth-order valence-electron chi connectivity index (χ4n) is 3.46. The van der Waals surface area contributed by atoms with E-state index in [9.17, 15) is 4.79 Å².